The predicted octanol–water partition coefficient (Wildman–Crippen LogP) is -0.424. The minimum atomic E-state index is -3.47. The maximum absolute atomic E-state index is 12.9. The molecule has 4 fully saturated rings. The smallest absolute Gasteiger partial charge is 0.238 e. The molecular weight excluding hydrogens is 464 g/mol. The minimum absolute atomic E-state index is 0.0287. The van der Waals surface area contributed by atoms with E-state index in [1.54, 1.807) is 0 Å². The Morgan fingerprint density at radius 1 is 1.09 bits per heavy atom. The number of piperidine rings is 2. The van der Waals surface area contributed by atoms with Gasteiger partial charge in [-0.05, 0) is 30.2 Å². The third-order valence-corrected chi connectivity index (χ3v) is 11.2. The fourth-order valence-corrected chi connectivity index (χ4v) is 8.61. The highest BCUT2D eigenvalue weighted by Gasteiger charge is 2.64. The van der Waals surface area contributed by atoms with Crippen LogP contribution in [0.5, 0.6) is 0 Å². The molecule has 3 saturated heterocycles. The highest BCUT2D eigenvalue weighted by atomic mass is 32.2. The van der Waals surface area contributed by atoms with E-state index in [9.17, 15) is 21.6 Å². The number of sulfone groups is 2. The molecule has 2 N–H and O–H groups in total. The zero-order valence-corrected chi connectivity index (χ0v) is 20.5. The van der Waals surface area contributed by atoms with Gasteiger partial charge in [-0.25, -0.2) is 16.8 Å². The Morgan fingerprint density at radius 2 is 1.73 bits per heavy atom. The Morgan fingerprint density at radius 3 is 2.36 bits per heavy atom. The number of hydrogen-bond donors (Lipinski definition) is 1. The highest BCUT2D eigenvalue weighted by molar-refractivity contribution is 7.92. The summed E-state index contributed by atoms with van der Waals surface area (Å²) in [5, 5.41) is 0. The molecule has 5 rings (SSSR count). The Bertz CT molecular complexity index is 1120. The topological polar surface area (TPSA) is 121 Å². The quantitative estimate of drug-likeness (QED) is 0.564. The van der Waals surface area contributed by atoms with Crippen molar-refractivity contribution in [1.82, 2.24) is 4.90 Å². The number of rotatable bonds is 6. The molecule has 1 amide bonds. The first-order valence-corrected chi connectivity index (χ1v) is 15.3. The largest absolute Gasteiger partial charge is 0.369 e. The molecule has 3 aliphatic heterocycles. The van der Waals surface area contributed by atoms with Gasteiger partial charge in [-0.2, -0.15) is 0 Å². The molecule has 1 aromatic rings. The van der Waals surface area contributed by atoms with E-state index in [4.69, 9.17) is 5.73 Å². The van der Waals surface area contributed by atoms with Gasteiger partial charge >= 0.3 is 0 Å². The Balaban J connectivity index is 1.30. The summed E-state index contributed by atoms with van der Waals surface area (Å²) < 4.78 is 47.7. The molecule has 0 spiro atoms. The average Bonchev–Trinajstić information content (AvgIpc) is 3.03. The van der Waals surface area contributed by atoms with E-state index >= 15 is 0 Å². The molecule has 9 nitrogen and oxygen atoms in total. The Labute approximate surface area is 195 Å². The Kier molecular flexibility index (Phi) is 5.64. The highest BCUT2D eigenvalue weighted by Crippen LogP contribution is 2.56. The van der Waals surface area contributed by atoms with Gasteiger partial charge in [-0.15, -0.1) is 0 Å². The van der Waals surface area contributed by atoms with Crippen LogP contribution in [0.1, 0.15) is 6.92 Å². The summed E-state index contributed by atoms with van der Waals surface area (Å²) in [4.78, 5) is 19.2. The van der Waals surface area contributed by atoms with Crippen LogP contribution in [0.15, 0.2) is 24.3 Å². The van der Waals surface area contributed by atoms with Crippen LogP contribution in [0.25, 0.3) is 0 Å². The van der Waals surface area contributed by atoms with Crippen LogP contribution in [0, 0.1) is 17.8 Å². The van der Waals surface area contributed by atoms with Crippen LogP contribution in [0.2, 0.25) is 0 Å². The van der Waals surface area contributed by atoms with E-state index in [1.807, 2.05) is 17.0 Å². The summed E-state index contributed by atoms with van der Waals surface area (Å²) in [5.41, 5.74) is 7.51. The molecule has 1 aromatic carbocycles. The monoisotopic (exact) mass is 496 g/mol. The molecule has 33 heavy (non-hydrogen) atoms. The number of benzene rings is 1. The summed E-state index contributed by atoms with van der Waals surface area (Å²) in [6.07, 6.45) is 0. The minimum Gasteiger partial charge on any atom is -0.369 e. The predicted molar refractivity (Wildman–Crippen MR) is 128 cm³/mol. The van der Waals surface area contributed by atoms with E-state index in [0.717, 1.165) is 17.9 Å². The lowest BCUT2D eigenvalue weighted by Crippen LogP contribution is -2.66. The maximum Gasteiger partial charge on any atom is 0.238 e. The Hall–Kier alpha value is -1.85. The number of likely N-dealkylation sites (tertiary alicyclic amines) is 1. The molecular formula is C22H32N4O5S2. The SMILES string of the molecule is CC1C2C3[C@@H]1CN(c1ccc(N4CCS(=O)(=O)CC4)cc1)[C@@H]2CN3C(=O)CS(=O)(=O)CCN. The number of nitrogens with zero attached hydrogens (tertiary/aromatic N) is 3. The molecule has 11 heteroatoms. The van der Waals surface area contributed by atoms with Gasteiger partial charge in [0.25, 0.3) is 0 Å². The third-order valence-electron chi connectivity index (χ3n) is 8.09. The summed E-state index contributed by atoms with van der Waals surface area (Å²) in [6.45, 7) is 4.71. The van der Waals surface area contributed by atoms with Crippen LogP contribution in [0.3, 0.4) is 0 Å². The summed E-state index contributed by atoms with van der Waals surface area (Å²) >= 11 is 0. The van der Waals surface area contributed by atoms with Gasteiger partial charge in [0.1, 0.15) is 5.75 Å². The lowest BCUT2D eigenvalue weighted by atomic mass is 9.57. The molecule has 3 heterocycles. The van der Waals surface area contributed by atoms with Crippen LogP contribution >= 0.6 is 0 Å². The zero-order chi connectivity index (χ0) is 23.5. The summed E-state index contributed by atoms with van der Waals surface area (Å²) in [6, 6.07) is 8.58. The molecule has 5 atom stereocenters. The first-order valence-electron chi connectivity index (χ1n) is 11.6. The van der Waals surface area contributed by atoms with Crippen molar-refractivity contribution >= 4 is 37.0 Å². The van der Waals surface area contributed by atoms with Crippen LogP contribution in [-0.4, -0.2) is 95.5 Å². The van der Waals surface area contributed by atoms with Crippen molar-refractivity contribution in [3.8, 4) is 0 Å². The molecule has 4 aliphatic rings. The van der Waals surface area contributed by atoms with Gasteiger partial charge in [0.2, 0.25) is 5.91 Å². The van der Waals surface area contributed by atoms with Crippen molar-refractivity contribution in [2.45, 2.75) is 19.0 Å². The normalized spacial score (nSPS) is 32.5. The third kappa shape index (κ3) is 4.01. The van der Waals surface area contributed by atoms with Crippen molar-refractivity contribution in [2.24, 2.45) is 23.5 Å². The zero-order valence-electron chi connectivity index (χ0n) is 18.8. The summed E-state index contributed by atoms with van der Waals surface area (Å²) in [5.74, 6) is 0.679. The fourth-order valence-electron chi connectivity index (χ4n) is 6.37. The summed E-state index contributed by atoms with van der Waals surface area (Å²) in [7, 11) is -6.39. The van der Waals surface area contributed by atoms with E-state index in [0.29, 0.717) is 37.4 Å². The first-order chi connectivity index (χ1) is 15.6. The van der Waals surface area contributed by atoms with E-state index in [2.05, 4.69) is 28.9 Å². The molecule has 3 unspecified atom stereocenters. The van der Waals surface area contributed by atoms with Crippen molar-refractivity contribution < 1.29 is 21.6 Å². The van der Waals surface area contributed by atoms with Crippen LogP contribution < -0.4 is 15.5 Å². The molecule has 0 radical (unpaired) electrons. The van der Waals surface area contributed by atoms with Gasteiger partial charge in [0.05, 0.1) is 23.3 Å². The lowest BCUT2D eigenvalue weighted by molar-refractivity contribution is -0.135. The number of carbonyl (C=O) groups excluding carboxylic acids is 1. The van der Waals surface area contributed by atoms with Crippen molar-refractivity contribution in [2.75, 3.05) is 65.5 Å². The lowest BCUT2D eigenvalue weighted by Gasteiger charge is -2.58. The van der Waals surface area contributed by atoms with Gasteiger partial charge in [-0.3, -0.25) is 4.79 Å². The molecule has 0 aromatic heterocycles. The second kappa shape index (κ2) is 8.13. The maximum atomic E-state index is 12.9. The standard InChI is InChI=1S/C22H32N4O5S2/c1-15-18-12-25(17-4-2-16(3-5-17)24-7-10-32(28,29)11-8-24)19-13-26(22(18)21(15)19)20(27)14-33(30,31)9-6-23/h2-5,15,18-19,21-22H,6-14,23H2,1H3/t15?,18-,19-,21?,22?/m1/s1. The van der Waals surface area contributed by atoms with Crippen LogP contribution in [0.4, 0.5) is 11.4 Å². The number of hydrogen-bond acceptors (Lipinski definition) is 8. The number of carbonyl (C=O) groups is 1. The van der Waals surface area contributed by atoms with Gasteiger partial charge in [-0.1, -0.05) is 6.92 Å². The van der Waals surface area contributed by atoms with Crippen molar-refractivity contribution in [3.05, 3.63) is 24.3 Å². The number of nitrogens with two attached hydrogens (primary N) is 1. The second-order valence-electron chi connectivity index (χ2n) is 9.89. The van der Waals surface area contributed by atoms with Crippen molar-refractivity contribution in [1.29, 1.82) is 0 Å². The fraction of sp³-hybridized carbons (Fsp3) is 0.682. The molecule has 182 valence electrons. The molecule has 4 bridgehead atoms. The number of amides is 1. The first kappa shape index (κ1) is 22.9. The van der Waals surface area contributed by atoms with Gasteiger partial charge in [0.15, 0.2) is 19.7 Å². The van der Waals surface area contributed by atoms with Gasteiger partial charge in [0, 0.05) is 62.0 Å². The van der Waals surface area contributed by atoms with E-state index in [-0.39, 0.29) is 41.8 Å². The van der Waals surface area contributed by atoms with E-state index in [1.165, 1.54) is 0 Å². The van der Waals surface area contributed by atoms with Crippen LogP contribution in [-0.2, 0) is 24.5 Å². The number of anilines is 2. The molecule has 1 saturated carbocycles. The van der Waals surface area contributed by atoms with Gasteiger partial charge < -0.3 is 20.4 Å². The van der Waals surface area contributed by atoms with E-state index < -0.39 is 25.4 Å². The molecule has 1 aliphatic carbocycles. The van der Waals surface area contributed by atoms with Crippen molar-refractivity contribution in [3.63, 3.8) is 0 Å². The average molecular weight is 497 g/mol. The second-order valence-corrected chi connectivity index (χ2v) is 14.4.